The van der Waals surface area contributed by atoms with E-state index < -0.39 is 17.4 Å². The van der Waals surface area contributed by atoms with Crippen LogP contribution < -0.4 is 9.47 Å². The number of likely N-dealkylation sites (N-methyl/N-ethyl adjacent to an activating group) is 1. The molecule has 1 spiro atoms. The van der Waals surface area contributed by atoms with E-state index in [4.69, 9.17) is 9.47 Å². The molecule has 1 aromatic heterocycles. The molecular weight excluding hydrogens is 447 g/mol. The van der Waals surface area contributed by atoms with Crippen LogP contribution in [0.5, 0.6) is 11.5 Å². The van der Waals surface area contributed by atoms with Crippen molar-refractivity contribution in [2.75, 3.05) is 33.8 Å². The Bertz CT molecular complexity index is 1050. The summed E-state index contributed by atoms with van der Waals surface area (Å²) in [5.41, 5.74) is 0.0858. The second kappa shape index (κ2) is 9.17. The van der Waals surface area contributed by atoms with E-state index in [1.807, 2.05) is 20.9 Å². The summed E-state index contributed by atoms with van der Waals surface area (Å²) < 4.78 is 53.2. The molecule has 2 aromatic rings. The zero-order valence-corrected chi connectivity index (χ0v) is 20.1. The van der Waals surface area contributed by atoms with Crippen LogP contribution >= 0.6 is 0 Å². The van der Waals surface area contributed by atoms with E-state index in [0.717, 1.165) is 6.42 Å². The summed E-state index contributed by atoms with van der Waals surface area (Å²) in [4.78, 5) is 17.2. The summed E-state index contributed by atoms with van der Waals surface area (Å²) in [6, 6.07) is 7.97. The van der Waals surface area contributed by atoms with Crippen molar-refractivity contribution in [3.63, 3.8) is 0 Å². The monoisotopic (exact) mass is 481 g/mol. The molecule has 1 fully saturated rings. The zero-order valence-electron chi connectivity index (χ0n) is 20.1. The standard InChI is InChI=1S/C25H32F3N3O3.H2/c1-5-17(2)34-19-7-6-18(16-20(19)33-4)23(32)30-12-10-24(11-13-30)21-8-9-22(25(26,27)28)31(21)15-14-29(24)3;/h6-9,16-17H,5,10-15H2,1-4H3;1H/t17-;/m0./s1. The van der Waals surface area contributed by atoms with Crippen molar-refractivity contribution in [2.45, 2.75) is 57.5 Å². The van der Waals surface area contributed by atoms with Crippen LogP contribution in [0.2, 0.25) is 0 Å². The number of nitrogens with zero attached hydrogens (tertiary/aromatic N) is 3. The van der Waals surface area contributed by atoms with Gasteiger partial charge >= 0.3 is 6.18 Å². The lowest BCUT2D eigenvalue weighted by molar-refractivity contribution is -0.144. The molecule has 0 radical (unpaired) electrons. The van der Waals surface area contributed by atoms with E-state index in [-0.39, 0.29) is 13.4 Å². The Hall–Kier alpha value is -2.68. The number of likely N-dealkylation sites (tertiary alicyclic amines) is 1. The number of ether oxygens (including phenoxy) is 2. The molecule has 0 saturated carbocycles. The summed E-state index contributed by atoms with van der Waals surface area (Å²) in [5.74, 6) is 0.980. The number of hydrogen-bond acceptors (Lipinski definition) is 4. The van der Waals surface area contributed by atoms with Gasteiger partial charge in [-0.3, -0.25) is 9.69 Å². The number of carbonyl (C=O) groups excluding carboxylic acids is 1. The fourth-order valence-electron chi connectivity index (χ4n) is 5.12. The van der Waals surface area contributed by atoms with E-state index in [9.17, 15) is 18.0 Å². The molecule has 1 atom stereocenters. The average Bonchev–Trinajstić information content (AvgIpc) is 3.27. The number of benzene rings is 1. The van der Waals surface area contributed by atoms with Crippen molar-refractivity contribution in [1.29, 1.82) is 0 Å². The molecule has 4 rings (SSSR count). The van der Waals surface area contributed by atoms with Crippen LogP contribution in [-0.4, -0.2) is 60.2 Å². The number of carbonyl (C=O) groups is 1. The van der Waals surface area contributed by atoms with E-state index in [1.165, 1.54) is 10.6 Å². The lowest BCUT2D eigenvalue weighted by Crippen LogP contribution is -2.56. The van der Waals surface area contributed by atoms with Gasteiger partial charge in [-0.1, -0.05) is 6.92 Å². The Labute approximate surface area is 199 Å². The summed E-state index contributed by atoms with van der Waals surface area (Å²) in [6.07, 6.45) is -2.36. The van der Waals surface area contributed by atoms with Crippen molar-refractivity contribution in [3.8, 4) is 11.5 Å². The van der Waals surface area contributed by atoms with E-state index >= 15 is 0 Å². The molecule has 188 valence electrons. The number of amides is 1. The average molecular weight is 482 g/mol. The highest BCUT2D eigenvalue weighted by Gasteiger charge is 2.47. The largest absolute Gasteiger partial charge is 0.493 e. The molecule has 2 aliphatic rings. The number of rotatable bonds is 5. The SMILES string of the molecule is CC[C@H](C)Oc1ccc(C(=O)N2CCC3(CC2)c2ccc(C(F)(F)F)n2CCN3C)cc1OC.[HH]. The first-order valence-electron chi connectivity index (χ1n) is 11.7. The molecule has 0 bridgehead atoms. The molecule has 1 saturated heterocycles. The predicted octanol–water partition coefficient (Wildman–Crippen LogP) is 5.02. The predicted molar refractivity (Wildman–Crippen MR) is 124 cm³/mol. The van der Waals surface area contributed by atoms with Gasteiger partial charge in [-0.15, -0.1) is 0 Å². The fourth-order valence-corrected chi connectivity index (χ4v) is 5.12. The Kier molecular flexibility index (Phi) is 6.59. The van der Waals surface area contributed by atoms with Crippen molar-refractivity contribution in [3.05, 3.63) is 47.3 Å². The molecule has 2 aliphatic heterocycles. The second-order valence-electron chi connectivity index (χ2n) is 9.20. The van der Waals surface area contributed by atoms with Crippen LogP contribution in [0.25, 0.3) is 0 Å². The molecule has 34 heavy (non-hydrogen) atoms. The first kappa shape index (κ1) is 24.4. The Morgan fingerprint density at radius 3 is 2.44 bits per heavy atom. The van der Waals surface area contributed by atoms with Gasteiger partial charge in [0, 0.05) is 38.9 Å². The van der Waals surface area contributed by atoms with E-state index in [2.05, 4.69) is 4.90 Å². The Morgan fingerprint density at radius 2 is 1.82 bits per heavy atom. The van der Waals surface area contributed by atoms with Crippen molar-refractivity contribution >= 4 is 5.91 Å². The van der Waals surface area contributed by atoms with Crippen LogP contribution in [0.15, 0.2) is 30.3 Å². The molecular formula is C25H34F3N3O3. The minimum absolute atomic E-state index is 0. The van der Waals surface area contributed by atoms with Gasteiger partial charge in [0.15, 0.2) is 11.5 Å². The van der Waals surface area contributed by atoms with Crippen LogP contribution in [0.4, 0.5) is 13.2 Å². The summed E-state index contributed by atoms with van der Waals surface area (Å²) in [5, 5.41) is 0. The van der Waals surface area contributed by atoms with Crippen LogP contribution in [0.1, 0.15) is 56.3 Å². The van der Waals surface area contributed by atoms with E-state index in [1.54, 1.807) is 36.3 Å². The maximum absolute atomic E-state index is 13.5. The number of halogens is 3. The molecule has 1 amide bonds. The van der Waals surface area contributed by atoms with Gasteiger partial charge in [0.1, 0.15) is 5.69 Å². The van der Waals surface area contributed by atoms with Crippen molar-refractivity contribution in [2.24, 2.45) is 0 Å². The summed E-state index contributed by atoms with van der Waals surface area (Å²) >= 11 is 0. The minimum Gasteiger partial charge on any atom is -0.493 e. The van der Waals surface area contributed by atoms with Gasteiger partial charge in [0.25, 0.3) is 5.91 Å². The maximum atomic E-state index is 13.5. The van der Waals surface area contributed by atoms with Gasteiger partial charge < -0.3 is 18.9 Å². The molecule has 6 nitrogen and oxygen atoms in total. The summed E-state index contributed by atoms with van der Waals surface area (Å²) in [6.45, 7) is 5.77. The molecule has 0 N–H and O–H groups in total. The van der Waals surface area contributed by atoms with Gasteiger partial charge in [0.05, 0.1) is 18.8 Å². The van der Waals surface area contributed by atoms with Crippen LogP contribution in [0, 0.1) is 0 Å². The molecule has 3 heterocycles. The number of alkyl halides is 3. The number of hydrogen-bond donors (Lipinski definition) is 0. The quantitative estimate of drug-likeness (QED) is 0.602. The third kappa shape index (κ3) is 4.26. The molecule has 0 unspecified atom stereocenters. The number of fused-ring (bicyclic) bond motifs is 2. The molecule has 9 heteroatoms. The van der Waals surface area contributed by atoms with Gasteiger partial charge in [-0.05, 0) is 63.6 Å². The zero-order chi connectivity index (χ0) is 24.7. The smallest absolute Gasteiger partial charge is 0.431 e. The highest BCUT2D eigenvalue weighted by Crippen LogP contribution is 2.44. The third-order valence-corrected chi connectivity index (χ3v) is 7.33. The van der Waals surface area contributed by atoms with Gasteiger partial charge in [-0.2, -0.15) is 13.2 Å². The summed E-state index contributed by atoms with van der Waals surface area (Å²) in [7, 11) is 3.50. The maximum Gasteiger partial charge on any atom is 0.431 e. The second-order valence-corrected chi connectivity index (χ2v) is 9.20. The molecule has 1 aromatic carbocycles. The topological polar surface area (TPSA) is 46.9 Å². The van der Waals surface area contributed by atoms with Gasteiger partial charge in [0.2, 0.25) is 0 Å². The highest BCUT2D eigenvalue weighted by atomic mass is 19.4. The first-order valence-corrected chi connectivity index (χ1v) is 11.7. The number of aromatic nitrogens is 1. The Morgan fingerprint density at radius 1 is 1.12 bits per heavy atom. The minimum atomic E-state index is -4.38. The van der Waals surface area contributed by atoms with Gasteiger partial charge in [-0.25, -0.2) is 0 Å². The number of methoxy groups -OCH3 is 1. The third-order valence-electron chi connectivity index (χ3n) is 7.33. The van der Waals surface area contributed by atoms with Crippen molar-refractivity contribution < 1.29 is 28.9 Å². The molecule has 0 aliphatic carbocycles. The van der Waals surface area contributed by atoms with Crippen molar-refractivity contribution in [1.82, 2.24) is 14.4 Å². The highest BCUT2D eigenvalue weighted by molar-refractivity contribution is 5.95. The van der Waals surface area contributed by atoms with E-state index in [0.29, 0.717) is 61.8 Å². The lowest BCUT2D eigenvalue weighted by Gasteiger charge is -2.50. The van der Waals surface area contributed by atoms with Crippen LogP contribution in [-0.2, 0) is 18.3 Å². The normalized spacial score (nSPS) is 19.1. The first-order chi connectivity index (χ1) is 16.1. The number of piperidine rings is 1. The van der Waals surface area contributed by atoms with Crippen LogP contribution in [0.3, 0.4) is 0 Å². The Balaban J connectivity index is 0.00000342. The fraction of sp³-hybridized carbons (Fsp3) is 0.560. The lowest BCUT2D eigenvalue weighted by atomic mass is 9.81.